The Morgan fingerprint density at radius 3 is 1.66 bits per heavy atom. The number of carbonyl (C=O) groups is 1. The van der Waals surface area contributed by atoms with E-state index in [-0.39, 0.29) is 18.3 Å². The van der Waals surface area contributed by atoms with E-state index in [1.807, 2.05) is 97.9 Å². The molecule has 6 nitrogen and oxygen atoms in total. The summed E-state index contributed by atoms with van der Waals surface area (Å²) < 4.78 is 30.7. The Hall–Kier alpha value is -2.12. The molecule has 1 unspecified atom stereocenters. The van der Waals surface area contributed by atoms with Gasteiger partial charge in [-0.2, -0.15) is 0 Å². The molecule has 0 aromatic heterocycles. The lowest BCUT2D eigenvalue weighted by molar-refractivity contribution is 0.00578. The number of Topliss-reactive ketones (excluding diaryl/α,β-unsaturated/α-hetero) is 1. The van der Waals surface area contributed by atoms with Crippen LogP contribution in [0.1, 0.15) is 77.2 Å². The molecular formula is C27H34B2O6. The molecule has 0 radical (unpaired) electrons. The molecule has 184 valence electrons. The monoisotopic (exact) mass is 476 g/mol. The van der Waals surface area contributed by atoms with Crippen LogP contribution in [0.25, 0.3) is 0 Å². The second kappa shape index (κ2) is 7.94. The Morgan fingerprint density at radius 1 is 0.686 bits per heavy atom. The van der Waals surface area contributed by atoms with Crippen molar-refractivity contribution >= 4 is 30.9 Å². The molecule has 0 N–H and O–H groups in total. The molecule has 0 aliphatic carbocycles. The molecule has 5 rings (SSSR count). The van der Waals surface area contributed by atoms with Crippen molar-refractivity contribution in [2.75, 3.05) is 6.61 Å². The van der Waals surface area contributed by atoms with Crippen molar-refractivity contribution in [1.29, 1.82) is 0 Å². The van der Waals surface area contributed by atoms with E-state index in [2.05, 4.69) is 0 Å². The van der Waals surface area contributed by atoms with Gasteiger partial charge in [-0.15, -0.1) is 0 Å². The lowest BCUT2D eigenvalue weighted by atomic mass is 9.76. The molecule has 2 fully saturated rings. The molecule has 0 amide bonds. The standard InChI is InChI=1S/C27H34B2O6/c1-24(2)25(3,4)33-28(32-24)18-11-9-17(10-12-18)21-16-31-22-15-19(13-14-20(22)23(21)30)29-34-26(5,6)27(7,8)35-29/h9-15,21H,16H2,1-8H3. The average Bonchev–Trinajstić information content (AvgIpc) is 3.13. The van der Waals surface area contributed by atoms with Crippen LogP contribution in [0.4, 0.5) is 0 Å². The first-order valence-corrected chi connectivity index (χ1v) is 12.3. The lowest BCUT2D eigenvalue weighted by Crippen LogP contribution is -2.41. The van der Waals surface area contributed by atoms with Gasteiger partial charge in [-0.1, -0.05) is 30.3 Å². The van der Waals surface area contributed by atoms with Crippen molar-refractivity contribution in [2.45, 2.75) is 83.7 Å². The highest BCUT2D eigenvalue weighted by molar-refractivity contribution is 6.62. The Labute approximate surface area is 208 Å². The largest absolute Gasteiger partial charge is 0.494 e. The highest BCUT2D eigenvalue weighted by Gasteiger charge is 2.53. The summed E-state index contributed by atoms with van der Waals surface area (Å²) in [7, 11) is -0.925. The highest BCUT2D eigenvalue weighted by Crippen LogP contribution is 2.38. The van der Waals surface area contributed by atoms with E-state index in [1.165, 1.54) is 0 Å². The summed E-state index contributed by atoms with van der Waals surface area (Å²) in [5, 5.41) is 0. The molecule has 0 saturated carbocycles. The molecule has 3 aliphatic heterocycles. The van der Waals surface area contributed by atoms with Crippen molar-refractivity contribution in [3.05, 3.63) is 53.6 Å². The molecule has 2 aromatic rings. The van der Waals surface area contributed by atoms with Gasteiger partial charge in [0.15, 0.2) is 5.78 Å². The SMILES string of the molecule is CC1(C)OB(c2ccc(C3COc4cc(B5OC(C)(C)C(C)(C)O5)ccc4C3=O)cc2)OC1(C)C. The number of hydrogen-bond acceptors (Lipinski definition) is 6. The zero-order valence-electron chi connectivity index (χ0n) is 21.9. The second-order valence-electron chi connectivity index (χ2n) is 11.8. The molecule has 0 spiro atoms. The van der Waals surface area contributed by atoms with Crippen molar-refractivity contribution in [2.24, 2.45) is 0 Å². The minimum Gasteiger partial charge on any atom is -0.492 e. The number of ether oxygens (including phenoxy) is 1. The fourth-order valence-electron chi connectivity index (χ4n) is 4.54. The van der Waals surface area contributed by atoms with E-state index in [9.17, 15) is 4.79 Å². The third-order valence-electron chi connectivity index (χ3n) is 8.38. The molecule has 35 heavy (non-hydrogen) atoms. The number of fused-ring (bicyclic) bond motifs is 1. The van der Waals surface area contributed by atoms with Crippen LogP contribution in [0, 0.1) is 0 Å². The Kier molecular flexibility index (Phi) is 5.57. The summed E-state index contributed by atoms with van der Waals surface area (Å²) in [4.78, 5) is 13.4. The second-order valence-corrected chi connectivity index (χ2v) is 11.8. The van der Waals surface area contributed by atoms with E-state index in [1.54, 1.807) is 0 Å². The van der Waals surface area contributed by atoms with Gasteiger partial charge in [0.05, 0.1) is 33.9 Å². The van der Waals surface area contributed by atoms with Gasteiger partial charge in [0.2, 0.25) is 0 Å². The van der Waals surface area contributed by atoms with Gasteiger partial charge in [0.25, 0.3) is 0 Å². The normalized spacial score (nSPS) is 25.9. The predicted octanol–water partition coefficient (Wildman–Crippen LogP) is 3.64. The van der Waals surface area contributed by atoms with Crippen LogP contribution in [0.15, 0.2) is 42.5 Å². The number of ketones is 1. The number of benzene rings is 2. The van der Waals surface area contributed by atoms with Gasteiger partial charge in [-0.05, 0) is 84.0 Å². The summed E-state index contributed by atoms with van der Waals surface area (Å²) >= 11 is 0. The van der Waals surface area contributed by atoms with Crippen LogP contribution in [-0.4, -0.2) is 49.0 Å². The molecule has 3 heterocycles. The smallest absolute Gasteiger partial charge is 0.492 e. The quantitative estimate of drug-likeness (QED) is 0.631. The maximum Gasteiger partial charge on any atom is 0.494 e. The number of carbonyl (C=O) groups excluding carboxylic acids is 1. The fourth-order valence-corrected chi connectivity index (χ4v) is 4.54. The van der Waals surface area contributed by atoms with Crippen LogP contribution in [0.3, 0.4) is 0 Å². The molecule has 2 aromatic carbocycles. The van der Waals surface area contributed by atoms with Crippen LogP contribution >= 0.6 is 0 Å². The molecule has 1 atom stereocenters. The minimum absolute atomic E-state index is 0.0510. The number of hydrogen-bond donors (Lipinski definition) is 0. The van der Waals surface area contributed by atoms with Gasteiger partial charge in [-0.25, -0.2) is 0 Å². The minimum atomic E-state index is -0.496. The fraction of sp³-hybridized carbons (Fsp3) is 0.519. The summed E-state index contributed by atoms with van der Waals surface area (Å²) in [5.74, 6) is 0.264. The maximum absolute atomic E-state index is 13.4. The van der Waals surface area contributed by atoms with Crippen molar-refractivity contribution in [3.8, 4) is 5.75 Å². The van der Waals surface area contributed by atoms with Gasteiger partial charge >= 0.3 is 14.2 Å². The summed E-state index contributed by atoms with van der Waals surface area (Å²) in [5.41, 5.74) is 1.62. The van der Waals surface area contributed by atoms with E-state index in [0.717, 1.165) is 16.5 Å². The first kappa shape index (κ1) is 24.6. The molecule has 3 aliphatic rings. The van der Waals surface area contributed by atoms with Gasteiger partial charge in [0.1, 0.15) is 12.4 Å². The first-order chi connectivity index (χ1) is 16.2. The molecule has 8 heteroatoms. The van der Waals surface area contributed by atoms with E-state index in [0.29, 0.717) is 11.3 Å². The summed E-state index contributed by atoms with van der Waals surface area (Å²) in [6.07, 6.45) is 0. The van der Waals surface area contributed by atoms with Crippen molar-refractivity contribution in [1.82, 2.24) is 0 Å². The first-order valence-electron chi connectivity index (χ1n) is 12.3. The lowest BCUT2D eigenvalue weighted by Gasteiger charge is -2.32. The van der Waals surface area contributed by atoms with Crippen LogP contribution in [0.2, 0.25) is 0 Å². The molecule has 2 saturated heterocycles. The molecular weight excluding hydrogens is 442 g/mol. The van der Waals surface area contributed by atoms with Crippen molar-refractivity contribution < 1.29 is 28.1 Å². The van der Waals surface area contributed by atoms with Crippen LogP contribution < -0.4 is 15.7 Å². The zero-order valence-corrected chi connectivity index (χ0v) is 21.9. The van der Waals surface area contributed by atoms with E-state index >= 15 is 0 Å². The maximum atomic E-state index is 13.4. The average molecular weight is 476 g/mol. The molecule has 0 bridgehead atoms. The van der Waals surface area contributed by atoms with E-state index in [4.69, 9.17) is 23.4 Å². The third kappa shape index (κ3) is 4.05. The highest BCUT2D eigenvalue weighted by atomic mass is 16.7. The van der Waals surface area contributed by atoms with Gasteiger partial charge < -0.3 is 23.4 Å². The summed E-state index contributed by atoms with van der Waals surface area (Å²) in [6.45, 7) is 16.5. The summed E-state index contributed by atoms with van der Waals surface area (Å²) in [6, 6.07) is 13.5. The Balaban J connectivity index is 1.32. The van der Waals surface area contributed by atoms with Gasteiger partial charge in [0, 0.05) is 0 Å². The Morgan fingerprint density at radius 2 is 1.14 bits per heavy atom. The van der Waals surface area contributed by atoms with Crippen molar-refractivity contribution in [3.63, 3.8) is 0 Å². The van der Waals surface area contributed by atoms with Crippen LogP contribution in [-0.2, 0) is 18.6 Å². The Bertz CT molecular complexity index is 1120. The predicted molar refractivity (Wildman–Crippen MR) is 137 cm³/mol. The van der Waals surface area contributed by atoms with E-state index < -0.39 is 36.6 Å². The topological polar surface area (TPSA) is 63.2 Å². The number of rotatable bonds is 3. The van der Waals surface area contributed by atoms with Gasteiger partial charge in [-0.3, -0.25) is 4.79 Å². The van der Waals surface area contributed by atoms with Crippen LogP contribution in [0.5, 0.6) is 5.75 Å². The zero-order chi connectivity index (χ0) is 25.4. The third-order valence-corrected chi connectivity index (χ3v) is 8.38.